The number of benzene rings is 1. The van der Waals surface area contributed by atoms with Crippen LogP contribution in [0.4, 0.5) is 0 Å². The molecule has 82 valence electrons. The van der Waals surface area contributed by atoms with Crippen molar-refractivity contribution in [3.05, 3.63) is 35.4 Å². The zero-order chi connectivity index (χ0) is 11.1. The van der Waals surface area contributed by atoms with Gasteiger partial charge in [0.15, 0.2) is 0 Å². The van der Waals surface area contributed by atoms with Gasteiger partial charge in [0, 0.05) is 6.61 Å². The minimum Gasteiger partial charge on any atom is -0.396 e. The molecule has 0 aromatic heterocycles. The molecule has 2 rings (SSSR count). The predicted molar refractivity (Wildman–Crippen MR) is 62.9 cm³/mol. The SMILES string of the molecule is Cc1cccc(C(C)C2CC2(C)CO)c1. The van der Waals surface area contributed by atoms with E-state index in [9.17, 15) is 5.11 Å². The third-order valence-corrected chi connectivity index (χ3v) is 3.95. The van der Waals surface area contributed by atoms with Crippen LogP contribution in [-0.2, 0) is 0 Å². The van der Waals surface area contributed by atoms with Gasteiger partial charge in [-0.2, -0.15) is 0 Å². The molecule has 1 nitrogen and oxygen atoms in total. The molecule has 1 aliphatic carbocycles. The Kier molecular flexibility index (Phi) is 2.59. The first-order chi connectivity index (χ1) is 7.07. The molecule has 1 fully saturated rings. The van der Waals surface area contributed by atoms with Crippen LogP contribution in [0.5, 0.6) is 0 Å². The van der Waals surface area contributed by atoms with E-state index in [0.717, 1.165) is 0 Å². The van der Waals surface area contributed by atoms with Gasteiger partial charge in [-0.1, -0.05) is 43.7 Å². The summed E-state index contributed by atoms with van der Waals surface area (Å²) in [5.74, 6) is 1.23. The molecule has 1 heteroatoms. The lowest BCUT2D eigenvalue weighted by molar-refractivity contribution is 0.207. The van der Waals surface area contributed by atoms with Crippen molar-refractivity contribution in [2.75, 3.05) is 6.61 Å². The van der Waals surface area contributed by atoms with Crippen molar-refractivity contribution in [2.45, 2.75) is 33.1 Å². The fraction of sp³-hybridized carbons (Fsp3) is 0.571. The van der Waals surface area contributed by atoms with Gasteiger partial charge < -0.3 is 5.11 Å². The predicted octanol–water partition coefficient (Wildman–Crippen LogP) is 3.12. The molecule has 1 aromatic rings. The first kappa shape index (κ1) is 10.7. The van der Waals surface area contributed by atoms with Crippen LogP contribution in [-0.4, -0.2) is 11.7 Å². The maximum atomic E-state index is 9.29. The van der Waals surface area contributed by atoms with Crippen LogP contribution < -0.4 is 0 Å². The second kappa shape index (κ2) is 3.64. The lowest BCUT2D eigenvalue weighted by atomic mass is 9.91. The van der Waals surface area contributed by atoms with Crippen molar-refractivity contribution >= 4 is 0 Å². The molecule has 0 amide bonds. The molecule has 1 aromatic carbocycles. The van der Waals surface area contributed by atoms with E-state index in [-0.39, 0.29) is 5.41 Å². The highest BCUT2D eigenvalue weighted by molar-refractivity contribution is 5.27. The Balaban J connectivity index is 2.13. The smallest absolute Gasteiger partial charge is 0.0487 e. The number of hydrogen-bond acceptors (Lipinski definition) is 1. The standard InChI is InChI=1S/C14H20O/c1-10-5-4-6-12(7-10)11(2)13-8-14(13,3)9-15/h4-7,11,13,15H,8-9H2,1-3H3. The first-order valence-corrected chi connectivity index (χ1v) is 5.74. The molecule has 1 N–H and O–H groups in total. The summed E-state index contributed by atoms with van der Waals surface area (Å²) in [6.45, 7) is 6.92. The first-order valence-electron chi connectivity index (χ1n) is 5.74. The van der Waals surface area contributed by atoms with Gasteiger partial charge in [0.25, 0.3) is 0 Å². The van der Waals surface area contributed by atoms with Crippen LogP contribution >= 0.6 is 0 Å². The third kappa shape index (κ3) is 1.93. The summed E-state index contributed by atoms with van der Waals surface area (Å²) in [6, 6.07) is 8.72. The van der Waals surface area contributed by atoms with Gasteiger partial charge in [0.1, 0.15) is 0 Å². The number of aliphatic hydroxyl groups is 1. The second-order valence-electron chi connectivity index (χ2n) is 5.33. The maximum Gasteiger partial charge on any atom is 0.0487 e. The Morgan fingerprint density at radius 1 is 1.53 bits per heavy atom. The molecule has 0 bridgehead atoms. The van der Waals surface area contributed by atoms with E-state index in [0.29, 0.717) is 18.4 Å². The molecule has 1 aliphatic rings. The van der Waals surface area contributed by atoms with E-state index in [2.05, 4.69) is 45.0 Å². The summed E-state index contributed by atoms with van der Waals surface area (Å²) in [5, 5.41) is 9.29. The molecular formula is C14H20O. The molecule has 3 atom stereocenters. The number of rotatable bonds is 3. The van der Waals surface area contributed by atoms with Gasteiger partial charge in [-0.25, -0.2) is 0 Å². The number of hydrogen-bond donors (Lipinski definition) is 1. The van der Waals surface area contributed by atoms with Gasteiger partial charge in [-0.3, -0.25) is 0 Å². The second-order valence-corrected chi connectivity index (χ2v) is 5.33. The Morgan fingerprint density at radius 2 is 2.27 bits per heavy atom. The van der Waals surface area contributed by atoms with Crippen LogP contribution in [0, 0.1) is 18.3 Å². The average molecular weight is 204 g/mol. The van der Waals surface area contributed by atoms with Crippen molar-refractivity contribution in [1.29, 1.82) is 0 Å². The topological polar surface area (TPSA) is 20.2 Å². The van der Waals surface area contributed by atoms with Crippen molar-refractivity contribution < 1.29 is 5.11 Å². The largest absolute Gasteiger partial charge is 0.396 e. The van der Waals surface area contributed by atoms with E-state index in [1.165, 1.54) is 17.5 Å². The summed E-state index contributed by atoms with van der Waals surface area (Å²) in [7, 11) is 0. The molecular weight excluding hydrogens is 184 g/mol. The van der Waals surface area contributed by atoms with Crippen LogP contribution in [0.2, 0.25) is 0 Å². The molecule has 0 radical (unpaired) electrons. The molecule has 0 aliphatic heterocycles. The molecule has 0 heterocycles. The summed E-state index contributed by atoms with van der Waals surface area (Å²) >= 11 is 0. The summed E-state index contributed by atoms with van der Waals surface area (Å²) < 4.78 is 0. The number of aliphatic hydroxyl groups excluding tert-OH is 1. The lowest BCUT2D eigenvalue weighted by Gasteiger charge is -2.15. The van der Waals surface area contributed by atoms with Crippen molar-refractivity contribution in [2.24, 2.45) is 11.3 Å². The lowest BCUT2D eigenvalue weighted by Crippen LogP contribution is -2.08. The number of aryl methyl sites for hydroxylation is 1. The quantitative estimate of drug-likeness (QED) is 0.802. The van der Waals surface area contributed by atoms with Crippen LogP contribution in [0.1, 0.15) is 37.3 Å². The Morgan fingerprint density at radius 3 is 2.80 bits per heavy atom. The Bertz CT molecular complexity index is 358. The zero-order valence-electron chi connectivity index (χ0n) is 9.83. The maximum absolute atomic E-state index is 9.29. The molecule has 0 spiro atoms. The fourth-order valence-electron chi connectivity index (χ4n) is 2.59. The molecule has 1 saturated carbocycles. The Labute approximate surface area is 92.1 Å². The molecule has 0 saturated heterocycles. The van der Waals surface area contributed by atoms with Crippen molar-refractivity contribution in [1.82, 2.24) is 0 Å². The van der Waals surface area contributed by atoms with E-state index >= 15 is 0 Å². The van der Waals surface area contributed by atoms with Crippen LogP contribution in [0.3, 0.4) is 0 Å². The fourth-order valence-corrected chi connectivity index (χ4v) is 2.59. The Hall–Kier alpha value is -0.820. The third-order valence-electron chi connectivity index (χ3n) is 3.95. The average Bonchev–Trinajstić information content (AvgIpc) is 2.91. The molecule has 15 heavy (non-hydrogen) atoms. The van der Waals surface area contributed by atoms with Gasteiger partial charge in [0.2, 0.25) is 0 Å². The van der Waals surface area contributed by atoms with Gasteiger partial charge in [0.05, 0.1) is 0 Å². The van der Waals surface area contributed by atoms with Gasteiger partial charge in [-0.05, 0) is 36.2 Å². The minimum atomic E-state index is 0.184. The van der Waals surface area contributed by atoms with Crippen molar-refractivity contribution in [3.8, 4) is 0 Å². The van der Waals surface area contributed by atoms with E-state index in [1.807, 2.05) is 0 Å². The monoisotopic (exact) mass is 204 g/mol. The van der Waals surface area contributed by atoms with E-state index < -0.39 is 0 Å². The zero-order valence-corrected chi connectivity index (χ0v) is 9.83. The van der Waals surface area contributed by atoms with E-state index in [1.54, 1.807) is 0 Å². The molecule has 3 unspecified atom stereocenters. The van der Waals surface area contributed by atoms with Gasteiger partial charge >= 0.3 is 0 Å². The highest BCUT2D eigenvalue weighted by Crippen LogP contribution is 2.58. The van der Waals surface area contributed by atoms with Crippen LogP contribution in [0.15, 0.2) is 24.3 Å². The highest BCUT2D eigenvalue weighted by Gasteiger charge is 2.52. The van der Waals surface area contributed by atoms with Crippen molar-refractivity contribution in [3.63, 3.8) is 0 Å². The summed E-state index contributed by atoms with van der Waals surface area (Å²) in [4.78, 5) is 0. The minimum absolute atomic E-state index is 0.184. The van der Waals surface area contributed by atoms with Gasteiger partial charge in [-0.15, -0.1) is 0 Å². The highest BCUT2D eigenvalue weighted by atomic mass is 16.3. The van der Waals surface area contributed by atoms with Crippen LogP contribution in [0.25, 0.3) is 0 Å². The summed E-state index contributed by atoms with van der Waals surface area (Å²) in [5.41, 5.74) is 2.92. The normalized spacial score (nSPS) is 31.3. The van der Waals surface area contributed by atoms with E-state index in [4.69, 9.17) is 0 Å². The summed E-state index contributed by atoms with van der Waals surface area (Å²) in [6.07, 6.45) is 1.17.